The molecule has 0 heterocycles. The lowest BCUT2D eigenvalue weighted by Gasteiger charge is -2.43. The Morgan fingerprint density at radius 1 is 0.588 bits per heavy atom. The molecular weight excluding hydrogens is 803 g/mol. The van der Waals surface area contributed by atoms with Crippen LogP contribution in [0.3, 0.4) is 0 Å². The molecule has 0 aromatic rings. The topological polar surface area (TPSA) is 131 Å². The molecule has 302 valence electrons. The van der Waals surface area contributed by atoms with E-state index < -0.39 is 73.6 Å². The monoisotopic (exact) mass is 877 g/mol. The van der Waals surface area contributed by atoms with E-state index in [1.165, 1.54) is 0 Å². The smallest absolute Gasteiger partial charge is 0.465 e. The summed E-state index contributed by atoms with van der Waals surface area (Å²) < 4.78 is 44.4. The first kappa shape index (κ1) is 53.2. The second-order valence-electron chi connectivity index (χ2n) is 18.2. The van der Waals surface area contributed by atoms with E-state index >= 15 is 0 Å². The fourth-order valence-electron chi connectivity index (χ4n) is 4.56. The Bertz CT molecular complexity index is 996. The molecule has 0 atom stereocenters. The van der Waals surface area contributed by atoms with Crippen LogP contribution in [-0.2, 0) is 29.4 Å². The molecule has 2 N–H and O–H groups in total. The number of thioether (sulfide) groups is 1. The van der Waals surface area contributed by atoms with Crippen molar-refractivity contribution < 1.29 is 44.1 Å². The molecule has 0 aromatic carbocycles. The molecule has 0 aliphatic rings. The summed E-state index contributed by atoms with van der Waals surface area (Å²) in [5.74, 6) is 0.653. The van der Waals surface area contributed by atoms with Crippen LogP contribution >= 0.6 is 11.8 Å². The van der Waals surface area contributed by atoms with E-state index in [4.69, 9.17) is 34.5 Å². The third-order valence-electron chi connectivity index (χ3n) is 5.19. The van der Waals surface area contributed by atoms with Crippen molar-refractivity contribution in [2.75, 3.05) is 12.3 Å². The van der Waals surface area contributed by atoms with Crippen LogP contribution in [0.4, 0.5) is 9.59 Å². The van der Waals surface area contributed by atoms with Crippen molar-refractivity contribution in [2.45, 2.75) is 149 Å². The quantitative estimate of drug-likeness (QED) is 0.0334. The summed E-state index contributed by atoms with van der Waals surface area (Å²) in [7, 11) is -16.5. The first-order valence-electron chi connectivity index (χ1n) is 17.9. The number of nitrogens with one attached hydrogen (secondary N) is 1. The zero-order chi connectivity index (χ0) is 40.6. The standard InChI is InChI=1S/C16H39NO5Si4.C15H36O5SSi4/c1-23(2,3)20-26(21-24(4,5)6,22-25(7,8)9)15-13-11-10-12-14-17-16(18)19;1-11-17-15(16)21-13-12-14-25(18-22(2,3)4,19-23(5,6)7)20-24(8,9)10/h10,12,17H,11,13-15H2,1-9H3,(H,18,19);11H,1,12-14H2,2-10H3. The van der Waals surface area contributed by atoms with Gasteiger partial charge in [0.05, 0.1) is 6.26 Å². The molecule has 0 fully saturated rings. The maximum atomic E-state index is 11.5. The molecule has 11 nitrogen and oxygen atoms in total. The van der Waals surface area contributed by atoms with Crippen molar-refractivity contribution in [3.63, 3.8) is 0 Å². The molecule has 0 radical (unpaired) electrons. The van der Waals surface area contributed by atoms with E-state index in [1.54, 1.807) is 0 Å². The molecule has 0 aromatic heterocycles. The van der Waals surface area contributed by atoms with Gasteiger partial charge in [-0.05, 0) is 149 Å². The molecule has 0 saturated heterocycles. The number of amides is 1. The SMILES string of the molecule is C=COC(=O)SCCC[Si](O[Si](C)(C)C)(O[Si](C)(C)C)O[Si](C)(C)C.C[Si](C)(C)O[Si](CCCC=CCNC(=O)O)(O[Si](C)(C)C)O[Si](C)(C)C. The summed E-state index contributed by atoms with van der Waals surface area (Å²) in [6, 6.07) is 1.54. The highest BCUT2D eigenvalue weighted by Crippen LogP contribution is 2.32. The maximum Gasteiger partial charge on any atom is 0.469 e. The molecule has 0 aliphatic carbocycles. The van der Waals surface area contributed by atoms with Crippen LogP contribution in [0.2, 0.25) is 130 Å². The van der Waals surface area contributed by atoms with Crippen molar-refractivity contribution in [3.05, 3.63) is 25.0 Å². The molecule has 0 rings (SSSR count). The van der Waals surface area contributed by atoms with E-state index in [9.17, 15) is 9.59 Å². The van der Waals surface area contributed by atoms with Crippen LogP contribution < -0.4 is 5.32 Å². The average Bonchev–Trinajstić information content (AvgIpc) is 2.80. The summed E-state index contributed by atoms with van der Waals surface area (Å²) in [5, 5.41) is 10.6. The normalized spacial score (nSPS) is 13.8. The van der Waals surface area contributed by atoms with Crippen molar-refractivity contribution in [2.24, 2.45) is 0 Å². The van der Waals surface area contributed by atoms with Crippen molar-refractivity contribution in [3.8, 4) is 0 Å². The molecule has 1 amide bonds. The maximum absolute atomic E-state index is 11.5. The summed E-state index contributed by atoms with van der Waals surface area (Å²) in [6.45, 7) is 43.0. The fourth-order valence-corrected chi connectivity index (χ4v) is 34.7. The highest BCUT2D eigenvalue weighted by molar-refractivity contribution is 8.13. The molecule has 0 spiro atoms. The molecular formula is C31H75NO10SSi8. The van der Waals surface area contributed by atoms with Crippen molar-refractivity contribution in [1.82, 2.24) is 5.32 Å². The van der Waals surface area contributed by atoms with Gasteiger partial charge in [0.2, 0.25) is 0 Å². The summed E-state index contributed by atoms with van der Waals surface area (Å²) in [6.07, 6.45) is 6.57. The number of carbonyl (C=O) groups is 2. The van der Waals surface area contributed by atoms with Gasteiger partial charge in [0, 0.05) is 24.4 Å². The Labute approximate surface area is 324 Å². The number of allylic oxidation sites excluding steroid dienone is 1. The molecule has 51 heavy (non-hydrogen) atoms. The van der Waals surface area contributed by atoms with Gasteiger partial charge in [-0.2, -0.15) is 0 Å². The Hall–Kier alpha value is 0.0651. The fraction of sp³-hybridized carbons (Fsp3) is 0.806. The largest absolute Gasteiger partial charge is 0.469 e. The first-order chi connectivity index (χ1) is 22.6. The summed E-state index contributed by atoms with van der Waals surface area (Å²) in [4.78, 5) is 21.9. The minimum atomic E-state index is -2.79. The highest BCUT2D eigenvalue weighted by Gasteiger charge is 2.50. The minimum Gasteiger partial charge on any atom is -0.465 e. The second kappa shape index (κ2) is 22.6. The number of hydrogen-bond donors (Lipinski definition) is 2. The lowest BCUT2D eigenvalue weighted by molar-refractivity contribution is 0.195. The van der Waals surface area contributed by atoms with Gasteiger partial charge in [-0.25, -0.2) is 9.59 Å². The van der Waals surface area contributed by atoms with Crippen LogP contribution in [0.1, 0.15) is 19.3 Å². The van der Waals surface area contributed by atoms with E-state index in [-0.39, 0.29) is 5.30 Å². The van der Waals surface area contributed by atoms with E-state index in [0.717, 1.165) is 49.4 Å². The predicted molar refractivity (Wildman–Crippen MR) is 236 cm³/mol. The van der Waals surface area contributed by atoms with Gasteiger partial charge in [0.25, 0.3) is 0 Å². The number of carbonyl (C=O) groups excluding carboxylic acids is 1. The molecule has 0 bridgehead atoms. The van der Waals surface area contributed by atoms with Gasteiger partial charge in [0.15, 0.2) is 49.9 Å². The number of unbranched alkanes of at least 4 members (excludes halogenated alkanes) is 1. The van der Waals surface area contributed by atoms with Gasteiger partial charge in [0.1, 0.15) is 0 Å². The van der Waals surface area contributed by atoms with Crippen LogP contribution in [0.5, 0.6) is 0 Å². The van der Waals surface area contributed by atoms with Gasteiger partial charge in [-0.1, -0.05) is 18.7 Å². The van der Waals surface area contributed by atoms with Gasteiger partial charge in [-0.3, -0.25) is 0 Å². The van der Waals surface area contributed by atoms with E-state index in [2.05, 4.69) is 130 Å². The summed E-state index contributed by atoms with van der Waals surface area (Å²) >= 11 is 1.15. The third-order valence-corrected chi connectivity index (χ3v) is 30.1. The highest BCUT2D eigenvalue weighted by atomic mass is 32.2. The molecule has 20 heteroatoms. The van der Waals surface area contributed by atoms with Crippen LogP contribution in [0.15, 0.2) is 25.0 Å². The third kappa shape index (κ3) is 34.3. The lowest BCUT2D eigenvalue weighted by Crippen LogP contribution is -2.60. The van der Waals surface area contributed by atoms with Gasteiger partial charge < -0.3 is 39.9 Å². The summed E-state index contributed by atoms with van der Waals surface area (Å²) in [5.41, 5.74) is 0. The Morgan fingerprint density at radius 3 is 1.22 bits per heavy atom. The van der Waals surface area contributed by atoms with Gasteiger partial charge in [-0.15, -0.1) is 0 Å². The first-order valence-corrected chi connectivity index (χ1v) is 43.2. The van der Waals surface area contributed by atoms with Crippen molar-refractivity contribution in [1.29, 1.82) is 0 Å². The van der Waals surface area contributed by atoms with Crippen molar-refractivity contribution >= 4 is 90.7 Å². The zero-order valence-corrected chi connectivity index (χ0v) is 44.2. The van der Waals surface area contributed by atoms with Gasteiger partial charge >= 0.3 is 29.0 Å². The zero-order valence-electron chi connectivity index (χ0n) is 35.4. The Kier molecular flexibility index (Phi) is 23.5. The second-order valence-corrected chi connectivity index (χ2v) is 53.2. The number of carboxylic acid groups (broad SMARTS) is 1. The van der Waals surface area contributed by atoms with Crippen LogP contribution in [0, 0.1) is 0 Å². The van der Waals surface area contributed by atoms with E-state index in [1.807, 2.05) is 12.2 Å². The number of ether oxygens (including phenoxy) is 1. The Morgan fingerprint density at radius 2 is 0.922 bits per heavy atom. The molecule has 0 saturated carbocycles. The van der Waals surface area contributed by atoms with Crippen LogP contribution in [-0.4, -0.2) is 96.3 Å². The van der Waals surface area contributed by atoms with E-state index in [0.29, 0.717) is 12.3 Å². The Balaban J connectivity index is 0. The minimum absolute atomic E-state index is 0.328. The molecule has 0 unspecified atom stereocenters. The molecule has 0 aliphatic heterocycles. The lowest BCUT2D eigenvalue weighted by atomic mass is 10.3. The number of rotatable bonds is 23. The van der Waals surface area contributed by atoms with Crippen LogP contribution in [0.25, 0.3) is 0 Å². The average molecular weight is 879 g/mol. The number of hydrogen-bond acceptors (Lipinski definition) is 10. The predicted octanol–water partition coefficient (Wildman–Crippen LogP) is 11.0.